The van der Waals surface area contributed by atoms with E-state index in [0.29, 0.717) is 5.75 Å². The molecule has 0 aliphatic rings. The van der Waals surface area contributed by atoms with Gasteiger partial charge in [-0.3, -0.25) is 0 Å². The summed E-state index contributed by atoms with van der Waals surface area (Å²) < 4.78 is 6.57. The SMILES string of the molecule is CCOCC[N+](CC)(CC)CC.CSCCC(=O)[O-]. The summed E-state index contributed by atoms with van der Waals surface area (Å²) in [6.45, 7) is 15.4. The Morgan fingerprint density at radius 3 is 1.95 bits per heavy atom. The van der Waals surface area contributed by atoms with E-state index in [-0.39, 0.29) is 6.42 Å². The van der Waals surface area contributed by atoms with E-state index >= 15 is 0 Å². The molecule has 0 unspecified atom stereocenters. The molecule has 0 aliphatic heterocycles. The van der Waals surface area contributed by atoms with E-state index < -0.39 is 5.97 Å². The molecule has 0 amide bonds. The van der Waals surface area contributed by atoms with Crippen LogP contribution in [-0.4, -0.2) is 61.9 Å². The number of likely N-dealkylation sites (N-methyl/N-ethyl adjacent to an activating group) is 1. The van der Waals surface area contributed by atoms with Crippen molar-refractivity contribution in [3.05, 3.63) is 0 Å². The van der Waals surface area contributed by atoms with Crippen LogP contribution in [-0.2, 0) is 9.53 Å². The third kappa shape index (κ3) is 12.5. The molecule has 0 saturated heterocycles. The minimum atomic E-state index is -0.964. The van der Waals surface area contributed by atoms with Gasteiger partial charge in [0.05, 0.1) is 26.2 Å². The standard InChI is InChI=1S/C10H24NO.C4H8O2S/c1-5-11(6-2,7-3)9-10-12-8-4;1-7-3-2-4(5)6/h5-10H2,1-4H3;2-3H2,1H3,(H,5,6)/q+1;/p-1. The summed E-state index contributed by atoms with van der Waals surface area (Å²) >= 11 is 1.51. The average molecular weight is 293 g/mol. The van der Waals surface area contributed by atoms with Gasteiger partial charge in [-0.05, 0) is 46.1 Å². The van der Waals surface area contributed by atoms with Crippen LogP contribution in [0.3, 0.4) is 0 Å². The van der Waals surface area contributed by atoms with Crippen LogP contribution in [0.5, 0.6) is 0 Å². The molecular weight excluding hydrogens is 262 g/mol. The molecule has 0 N–H and O–H groups in total. The topological polar surface area (TPSA) is 49.4 Å². The Kier molecular flexibility index (Phi) is 15.7. The Morgan fingerprint density at radius 2 is 1.68 bits per heavy atom. The number of carboxylic acids is 1. The van der Waals surface area contributed by atoms with Crippen molar-refractivity contribution in [3.8, 4) is 0 Å². The maximum absolute atomic E-state index is 9.63. The van der Waals surface area contributed by atoms with Crippen molar-refractivity contribution in [3.63, 3.8) is 0 Å². The van der Waals surface area contributed by atoms with Crippen LogP contribution >= 0.6 is 11.8 Å². The molecule has 116 valence electrons. The highest BCUT2D eigenvalue weighted by atomic mass is 32.2. The van der Waals surface area contributed by atoms with E-state index in [0.717, 1.165) is 19.8 Å². The molecule has 19 heavy (non-hydrogen) atoms. The zero-order chi connectivity index (χ0) is 15.1. The second-order valence-corrected chi connectivity index (χ2v) is 5.31. The van der Waals surface area contributed by atoms with Crippen molar-refractivity contribution in [2.75, 3.05) is 51.4 Å². The second-order valence-electron chi connectivity index (χ2n) is 4.33. The fraction of sp³-hybridized carbons (Fsp3) is 0.929. The van der Waals surface area contributed by atoms with E-state index in [4.69, 9.17) is 4.74 Å². The normalized spacial score (nSPS) is 10.8. The summed E-state index contributed by atoms with van der Waals surface area (Å²) in [4.78, 5) is 9.63. The number of carbonyl (C=O) groups is 1. The van der Waals surface area contributed by atoms with Crippen molar-refractivity contribution in [1.29, 1.82) is 0 Å². The van der Waals surface area contributed by atoms with Crippen LogP contribution in [0.15, 0.2) is 0 Å². The Labute approximate surface area is 123 Å². The molecule has 0 fully saturated rings. The van der Waals surface area contributed by atoms with Crippen molar-refractivity contribution >= 4 is 17.7 Å². The fourth-order valence-corrected chi connectivity index (χ4v) is 2.10. The van der Waals surface area contributed by atoms with Crippen LogP contribution in [0.2, 0.25) is 0 Å². The van der Waals surface area contributed by atoms with Crippen LogP contribution in [0, 0.1) is 0 Å². The van der Waals surface area contributed by atoms with Crippen LogP contribution in [0.4, 0.5) is 0 Å². The summed E-state index contributed by atoms with van der Waals surface area (Å²) in [6, 6.07) is 0. The molecule has 0 saturated carbocycles. The average Bonchev–Trinajstić information content (AvgIpc) is 2.43. The van der Waals surface area contributed by atoms with Crippen LogP contribution < -0.4 is 5.11 Å². The van der Waals surface area contributed by atoms with Gasteiger partial charge < -0.3 is 19.1 Å². The molecule has 0 aromatic carbocycles. The van der Waals surface area contributed by atoms with Gasteiger partial charge in [-0.25, -0.2) is 0 Å². The zero-order valence-corrected chi connectivity index (χ0v) is 14.1. The second kappa shape index (κ2) is 14.2. The number of ether oxygens (including phenoxy) is 1. The van der Waals surface area contributed by atoms with Crippen LogP contribution in [0.25, 0.3) is 0 Å². The molecule has 0 aromatic heterocycles. The predicted molar refractivity (Wildman–Crippen MR) is 81.2 cm³/mol. The lowest BCUT2D eigenvalue weighted by Gasteiger charge is -2.35. The number of rotatable bonds is 10. The number of hydrogen-bond donors (Lipinski definition) is 0. The monoisotopic (exact) mass is 293 g/mol. The summed E-state index contributed by atoms with van der Waals surface area (Å²) in [5.41, 5.74) is 0. The maximum atomic E-state index is 9.63. The quantitative estimate of drug-likeness (QED) is 0.451. The van der Waals surface area contributed by atoms with Crippen LogP contribution in [0.1, 0.15) is 34.1 Å². The molecule has 0 atom stereocenters. The van der Waals surface area contributed by atoms with Gasteiger partial charge in [0.15, 0.2) is 0 Å². The van der Waals surface area contributed by atoms with Gasteiger partial charge in [0.25, 0.3) is 0 Å². The Morgan fingerprint density at radius 1 is 1.16 bits per heavy atom. The first kappa shape index (κ1) is 21.0. The lowest BCUT2D eigenvalue weighted by atomic mass is 10.3. The molecule has 0 spiro atoms. The van der Waals surface area contributed by atoms with Gasteiger partial charge >= 0.3 is 0 Å². The highest BCUT2D eigenvalue weighted by molar-refractivity contribution is 7.98. The first-order chi connectivity index (χ1) is 9.01. The summed E-state index contributed by atoms with van der Waals surface area (Å²) in [7, 11) is 0. The van der Waals surface area contributed by atoms with Gasteiger partial charge in [-0.15, -0.1) is 0 Å². The van der Waals surface area contributed by atoms with E-state index in [2.05, 4.69) is 27.7 Å². The van der Waals surface area contributed by atoms with Crippen molar-refractivity contribution in [2.45, 2.75) is 34.1 Å². The number of nitrogens with zero attached hydrogens (tertiary/aromatic N) is 1. The Balaban J connectivity index is 0. The molecule has 0 heterocycles. The number of carboxylic acid groups (broad SMARTS) is 1. The maximum Gasteiger partial charge on any atom is 0.102 e. The number of thioether (sulfide) groups is 1. The van der Waals surface area contributed by atoms with Crippen molar-refractivity contribution < 1.29 is 19.1 Å². The van der Waals surface area contributed by atoms with Gasteiger partial charge in [0.1, 0.15) is 6.54 Å². The van der Waals surface area contributed by atoms with Gasteiger partial charge in [-0.2, -0.15) is 11.8 Å². The number of carbonyl (C=O) groups excluding carboxylic acids is 1. The third-order valence-corrected chi connectivity index (χ3v) is 4.05. The van der Waals surface area contributed by atoms with Gasteiger partial charge in [0.2, 0.25) is 0 Å². The number of quaternary nitrogens is 1. The number of aliphatic carboxylic acids is 1. The lowest BCUT2D eigenvalue weighted by molar-refractivity contribution is -0.923. The fourth-order valence-electron chi connectivity index (χ4n) is 1.73. The first-order valence-electron chi connectivity index (χ1n) is 7.13. The largest absolute Gasteiger partial charge is 0.550 e. The smallest absolute Gasteiger partial charge is 0.102 e. The molecule has 0 aromatic rings. The Hall–Kier alpha value is -0.260. The summed E-state index contributed by atoms with van der Waals surface area (Å²) in [6.07, 6.45) is 2.03. The van der Waals surface area contributed by atoms with E-state index in [9.17, 15) is 9.90 Å². The highest BCUT2D eigenvalue weighted by Crippen LogP contribution is 2.04. The molecule has 0 aliphatic carbocycles. The molecule has 0 radical (unpaired) electrons. The van der Waals surface area contributed by atoms with E-state index in [1.165, 1.54) is 35.9 Å². The van der Waals surface area contributed by atoms with E-state index in [1.807, 2.05) is 6.26 Å². The molecule has 4 nitrogen and oxygen atoms in total. The van der Waals surface area contributed by atoms with Crippen molar-refractivity contribution in [2.24, 2.45) is 0 Å². The summed E-state index contributed by atoms with van der Waals surface area (Å²) in [5.74, 6) is -0.308. The predicted octanol–water partition coefficient (Wildman–Crippen LogP) is 1.39. The minimum Gasteiger partial charge on any atom is -0.550 e. The molecular formula is C14H31NO3S. The van der Waals surface area contributed by atoms with Gasteiger partial charge in [0, 0.05) is 12.6 Å². The molecule has 0 bridgehead atoms. The number of hydrogen-bond acceptors (Lipinski definition) is 4. The van der Waals surface area contributed by atoms with E-state index in [1.54, 1.807) is 0 Å². The van der Waals surface area contributed by atoms with Crippen molar-refractivity contribution in [1.82, 2.24) is 0 Å². The third-order valence-electron chi connectivity index (χ3n) is 3.44. The summed E-state index contributed by atoms with van der Waals surface area (Å²) in [5, 5.41) is 9.63. The lowest BCUT2D eigenvalue weighted by Crippen LogP contribution is -2.49. The zero-order valence-electron chi connectivity index (χ0n) is 13.2. The Bertz CT molecular complexity index is 201. The minimum absolute atomic E-state index is 0.168. The first-order valence-corrected chi connectivity index (χ1v) is 8.52. The molecule has 0 rings (SSSR count). The highest BCUT2D eigenvalue weighted by Gasteiger charge is 2.19. The van der Waals surface area contributed by atoms with Gasteiger partial charge in [-0.1, -0.05) is 0 Å². The molecule has 5 heteroatoms.